The van der Waals surface area contributed by atoms with Crippen LogP contribution >= 0.6 is 0 Å². The highest BCUT2D eigenvalue weighted by atomic mass is 16.5. The van der Waals surface area contributed by atoms with Gasteiger partial charge in [-0.15, -0.1) is 0 Å². The number of benzene rings is 2. The number of carbonyl (C=O) groups is 1. The molecule has 0 atom stereocenters. The molecule has 2 heteroatoms. The van der Waals surface area contributed by atoms with Crippen molar-refractivity contribution in [2.75, 3.05) is 6.61 Å². The number of rotatable bonds is 2. The van der Waals surface area contributed by atoms with Crippen LogP contribution in [0.15, 0.2) is 36.4 Å². The van der Waals surface area contributed by atoms with E-state index >= 15 is 0 Å². The van der Waals surface area contributed by atoms with E-state index in [1.165, 1.54) is 22.3 Å². The Balaban J connectivity index is 2.34. The van der Waals surface area contributed by atoms with Gasteiger partial charge in [0, 0.05) is 6.42 Å². The quantitative estimate of drug-likeness (QED) is 0.778. The first-order valence-corrected chi connectivity index (χ1v) is 7.79. The van der Waals surface area contributed by atoms with Crippen LogP contribution < -0.4 is 0 Å². The van der Waals surface area contributed by atoms with Crippen molar-refractivity contribution < 1.29 is 9.53 Å². The highest BCUT2D eigenvalue weighted by Gasteiger charge is 2.49. The normalized spacial score (nSPS) is 16.6. The third-order valence-electron chi connectivity index (χ3n) is 5.19. The molecule has 1 fully saturated rings. The van der Waals surface area contributed by atoms with Crippen molar-refractivity contribution in [2.45, 2.75) is 39.5 Å². The van der Waals surface area contributed by atoms with E-state index in [0.717, 1.165) is 11.1 Å². The molecule has 0 saturated carbocycles. The van der Waals surface area contributed by atoms with E-state index in [2.05, 4.69) is 52.0 Å². The number of cyclic esters (lactones) is 1. The van der Waals surface area contributed by atoms with Gasteiger partial charge in [-0.2, -0.15) is 0 Å². The summed E-state index contributed by atoms with van der Waals surface area (Å²) >= 11 is 0. The third kappa shape index (κ3) is 1.98. The van der Waals surface area contributed by atoms with Crippen LogP contribution in [0.3, 0.4) is 0 Å². The Labute approximate surface area is 132 Å². The maximum Gasteiger partial charge on any atom is 0.321 e. The lowest BCUT2D eigenvalue weighted by Crippen LogP contribution is -2.35. The van der Waals surface area contributed by atoms with Gasteiger partial charge in [0.2, 0.25) is 0 Å². The molecule has 114 valence electrons. The second-order valence-corrected chi connectivity index (χ2v) is 6.29. The first kappa shape index (κ1) is 14.8. The molecule has 2 aromatic carbocycles. The smallest absolute Gasteiger partial charge is 0.321 e. The van der Waals surface area contributed by atoms with Gasteiger partial charge in [0.25, 0.3) is 0 Å². The van der Waals surface area contributed by atoms with Gasteiger partial charge >= 0.3 is 5.97 Å². The van der Waals surface area contributed by atoms with Gasteiger partial charge in [0.15, 0.2) is 0 Å². The fourth-order valence-electron chi connectivity index (χ4n) is 3.58. The summed E-state index contributed by atoms with van der Waals surface area (Å²) in [6, 6.07) is 12.4. The standard InChI is InChI=1S/C20H22O2/c1-13-7-5-9-17(15(13)3)20(11-12-22-19(20)21)18-10-6-8-14(2)16(18)4/h5-10H,11-12H2,1-4H3. The van der Waals surface area contributed by atoms with Crippen LogP contribution in [0.1, 0.15) is 39.8 Å². The number of aryl methyl sites for hydroxylation is 2. The Hall–Kier alpha value is -2.09. The molecule has 0 unspecified atom stereocenters. The van der Waals surface area contributed by atoms with Gasteiger partial charge in [-0.05, 0) is 61.1 Å². The van der Waals surface area contributed by atoms with Crippen LogP contribution in [0.2, 0.25) is 0 Å². The van der Waals surface area contributed by atoms with Crippen molar-refractivity contribution in [3.8, 4) is 0 Å². The van der Waals surface area contributed by atoms with Crippen molar-refractivity contribution in [1.29, 1.82) is 0 Å². The summed E-state index contributed by atoms with van der Waals surface area (Å²) in [5, 5.41) is 0. The highest BCUT2D eigenvalue weighted by molar-refractivity contribution is 5.90. The van der Waals surface area contributed by atoms with E-state index in [1.807, 2.05) is 12.1 Å². The van der Waals surface area contributed by atoms with Crippen LogP contribution in [-0.4, -0.2) is 12.6 Å². The molecule has 1 aliphatic heterocycles. The Bertz CT molecular complexity index is 692. The minimum Gasteiger partial charge on any atom is -0.465 e. The molecule has 2 aromatic rings. The third-order valence-corrected chi connectivity index (χ3v) is 5.19. The summed E-state index contributed by atoms with van der Waals surface area (Å²) < 4.78 is 5.43. The molecule has 0 bridgehead atoms. The molecular weight excluding hydrogens is 272 g/mol. The van der Waals surface area contributed by atoms with Crippen LogP contribution in [0.5, 0.6) is 0 Å². The minimum atomic E-state index is -0.661. The predicted molar refractivity (Wildman–Crippen MR) is 88.2 cm³/mol. The van der Waals surface area contributed by atoms with Gasteiger partial charge in [0.1, 0.15) is 5.41 Å². The highest BCUT2D eigenvalue weighted by Crippen LogP contribution is 2.44. The van der Waals surface area contributed by atoms with Crippen LogP contribution in [0.25, 0.3) is 0 Å². The molecule has 1 aliphatic rings. The Morgan fingerprint density at radius 3 is 1.77 bits per heavy atom. The summed E-state index contributed by atoms with van der Waals surface area (Å²) in [4.78, 5) is 12.8. The lowest BCUT2D eigenvalue weighted by molar-refractivity contribution is -0.141. The minimum absolute atomic E-state index is 0.116. The Morgan fingerprint density at radius 1 is 0.864 bits per heavy atom. The largest absolute Gasteiger partial charge is 0.465 e. The topological polar surface area (TPSA) is 26.3 Å². The number of carbonyl (C=O) groups excluding carboxylic acids is 1. The molecule has 0 aromatic heterocycles. The molecule has 0 amide bonds. The molecule has 0 radical (unpaired) electrons. The van der Waals surface area contributed by atoms with Gasteiger partial charge in [0.05, 0.1) is 6.61 Å². The van der Waals surface area contributed by atoms with Crippen LogP contribution in [0, 0.1) is 27.7 Å². The van der Waals surface area contributed by atoms with E-state index in [0.29, 0.717) is 13.0 Å². The van der Waals surface area contributed by atoms with E-state index in [-0.39, 0.29) is 5.97 Å². The van der Waals surface area contributed by atoms with E-state index in [1.54, 1.807) is 0 Å². The molecule has 2 nitrogen and oxygen atoms in total. The summed E-state index contributed by atoms with van der Waals surface area (Å²) in [5.41, 5.74) is 6.30. The molecule has 0 N–H and O–H groups in total. The SMILES string of the molecule is Cc1cccc(C2(c3cccc(C)c3C)CCOC2=O)c1C. The van der Waals surface area contributed by atoms with Gasteiger partial charge in [-0.1, -0.05) is 36.4 Å². The second kappa shape index (κ2) is 5.28. The molecule has 3 rings (SSSR count). The van der Waals surface area contributed by atoms with Crippen LogP contribution in [-0.2, 0) is 14.9 Å². The fraction of sp³-hybridized carbons (Fsp3) is 0.350. The number of esters is 1. The predicted octanol–water partition coefficient (Wildman–Crippen LogP) is 4.15. The summed E-state index contributed by atoms with van der Waals surface area (Å²) in [5.74, 6) is -0.116. The monoisotopic (exact) mass is 294 g/mol. The molecule has 22 heavy (non-hydrogen) atoms. The summed E-state index contributed by atoms with van der Waals surface area (Å²) in [6.45, 7) is 8.87. The second-order valence-electron chi connectivity index (χ2n) is 6.29. The van der Waals surface area contributed by atoms with Gasteiger partial charge in [-0.3, -0.25) is 4.79 Å². The molecule has 0 aliphatic carbocycles. The van der Waals surface area contributed by atoms with Crippen molar-refractivity contribution >= 4 is 5.97 Å². The lowest BCUT2D eigenvalue weighted by atomic mass is 9.69. The maximum absolute atomic E-state index is 12.8. The van der Waals surface area contributed by atoms with E-state index in [4.69, 9.17) is 4.74 Å². The first-order chi connectivity index (χ1) is 10.5. The molecule has 1 saturated heterocycles. The van der Waals surface area contributed by atoms with Gasteiger partial charge < -0.3 is 4.74 Å². The number of hydrogen-bond acceptors (Lipinski definition) is 2. The van der Waals surface area contributed by atoms with Gasteiger partial charge in [-0.25, -0.2) is 0 Å². The fourth-order valence-corrected chi connectivity index (χ4v) is 3.58. The average molecular weight is 294 g/mol. The van der Waals surface area contributed by atoms with Crippen molar-refractivity contribution in [3.63, 3.8) is 0 Å². The van der Waals surface area contributed by atoms with Crippen molar-refractivity contribution in [2.24, 2.45) is 0 Å². The first-order valence-electron chi connectivity index (χ1n) is 7.79. The summed E-state index contributed by atoms with van der Waals surface area (Å²) in [7, 11) is 0. The Kier molecular flexibility index (Phi) is 3.56. The zero-order valence-electron chi connectivity index (χ0n) is 13.7. The van der Waals surface area contributed by atoms with E-state index in [9.17, 15) is 4.79 Å². The molecular formula is C20H22O2. The maximum atomic E-state index is 12.8. The van der Waals surface area contributed by atoms with Crippen LogP contribution in [0.4, 0.5) is 0 Å². The average Bonchev–Trinajstić information content (AvgIpc) is 2.87. The van der Waals surface area contributed by atoms with Crippen molar-refractivity contribution in [1.82, 2.24) is 0 Å². The van der Waals surface area contributed by atoms with Crippen molar-refractivity contribution in [3.05, 3.63) is 69.8 Å². The van der Waals surface area contributed by atoms with E-state index < -0.39 is 5.41 Å². The molecule has 0 spiro atoms. The number of hydrogen-bond donors (Lipinski definition) is 0. The lowest BCUT2D eigenvalue weighted by Gasteiger charge is -2.30. The zero-order chi connectivity index (χ0) is 15.9. The zero-order valence-corrected chi connectivity index (χ0v) is 13.7. The Morgan fingerprint density at radius 2 is 1.36 bits per heavy atom. The summed E-state index contributed by atoms with van der Waals surface area (Å²) in [6.07, 6.45) is 0.709. The number of ether oxygens (including phenoxy) is 1. The molecule has 1 heterocycles.